The van der Waals surface area contributed by atoms with Gasteiger partial charge >= 0.3 is 0 Å². The molecule has 27 heavy (non-hydrogen) atoms. The molecule has 1 spiro atoms. The highest BCUT2D eigenvalue weighted by Gasteiger charge is 2.53. The van der Waals surface area contributed by atoms with Gasteiger partial charge in [-0.2, -0.15) is 4.31 Å². The molecule has 3 heterocycles. The van der Waals surface area contributed by atoms with Crippen LogP contribution in [0.5, 0.6) is 0 Å². The molecule has 1 aromatic heterocycles. The Morgan fingerprint density at radius 2 is 1.89 bits per heavy atom. The van der Waals surface area contributed by atoms with Crippen LogP contribution in [0.15, 0.2) is 47.9 Å². The molecule has 0 N–H and O–H groups in total. The second-order valence-electron chi connectivity index (χ2n) is 7.52. The van der Waals surface area contributed by atoms with E-state index in [9.17, 15) is 13.2 Å². The van der Waals surface area contributed by atoms with E-state index in [0.29, 0.717) is 26.1 Å². The molecule has 1 atom stereocenters. The van der Waals surface area contributed by atoms with Crippen molar-refractivity contribution in [3.05, 3.63) is 48.4 Å². The highest BCUT2D eigenvalue weighted by Crippen LogP contribution is 2.42. The number of carbonyl (C=O) groups excluding carboxylic acids is 1. The largest absolute Gasteiger partial charge is 0.342 e. The molecule has 4 rings (SSSR count). The average molecular weight is 388 g/mol. The maximum Gasteiger partial charge on any atom is 0.262 e. The summed E-state index contributed by atoms with van der Waals surface area (Å²) in [6.07, 6.45) is 5.10. The Labute approximate surface area is 159 Å². The van der Waals surface area contributed by atoms with Crippen molar-refractivity contribution >= 4 is 15.9 Å². The third-order valence-electron chi connectivity index (χ3n) is 5.72. The molecule has 2 aliphatic rings. The van der Waals surface area contributed by atoms with Crippen LogP contribution in [0.4, 0.5) is 0 Å². The van der Waals surface area contributed by atoms with Crippen LogP contribution < -0.4 is 0 Å². The van der Waals surface area contributed by atoms with E-state index >= 15 is 0 Å². The van der Waals surface area contributed by atoms with Crippen LogP contribution in [0.2, 0.25) is 0 Å². The second kappa shape index (κ2) is 6.76. The maximum absolute atomic E-state index is 13.0. The molecule has 0 bridgehead atoms. The number of hydrogen-bond donors (Lipinski definition) is 0. The molecule has 0 aliphatic carbocycles. The van der Waals surface area contributed by atoms with E-state index in [-0.39, 0.29) is 17.5 Å². The van der Waals surface area contributed by atoms with Crippen molar-refractivity contribution in [2.24, 2.45) is 12.5 Å². The van der Waals surface area contributed by atoms with Crippen LogP contribution in [0.25, 0.3) is 0 Å². The van der Waals surface area contributed by atoms with Gasteiger partial charge in [0.2, 0.25) is 5.91 Å². The standard InChI is InChI=1S/C19H24N4O3S/c1-21-13-17(20-15-21)27(25,26)23-12-9-19(14-23)8-11-22(18(19)24)10-7-16-5-3-2-4-6-16/h2-6,13,15H,7-12,14H2,1H3. The van der Waals surface area contributed by atoms with Gasteiger partial charge in [0, 0.05) is 39.4 Å². The molecule has 2 aromatic rings. The average Bonchev–Trinajstić information content (AvgIpc) is 3.37. The molecule has 2 fully saturated rings. The Bertz CT molecular complexity index is 941. The minimum Gasteiger partial charge on any atom is -0.342 e. The number of carbonyl (C=O) groups is 1. The lowest BCUT2D eigenvalue weighted by Crippen LogP contribution is -2.39. The van der Waals surface area contributed by atoms with Crippen LogP contribution >= 0.6 is 0 Å². The van der Waals surface area contributed by atoms with Crippen molar-refractivity contribution in [1.29, 1.82) is 0 Å². The number of aromatic nitrogens is 2. The Balaban J connectivity index is 1.44. The van der Waals surface area contributed by atoms with Crippen LogP contribution in [0.1, 0.15) is 18.4 Å². The monoisotopic (exact) mass is 388 g/mol. The molecule has 1 amide bonds. The molecule has 1 aromatic carbocycles. The molecule has 7 nitrogen and oxygen atoms in total. The second-order valence-corrected chi connectivity index (χ2v) is 9.41. The molecule has 8 heteroatoms. The van der Waals surface area contributed by atoms with Gasteiger partial charge < -0.3 is 9.47 Å². The lowest BCUT2D eigenvalue weighted by Gasteiger charge is -2.23. The zero-order chi connectivity index (χ0) is 19.1. The van der Waals surface area contributed by atoms with E-state index in [2.05, 4.69) is 17.1 Å². The Morgan fingerprint density at radius 1 is 1.15 bits per heavy atom. The smallest absolute Gasteiger partial charge is 0.262 e. The first-order chi connectivity index (χ1) is 12.9. The molecule has 144 valence electrons. The number of nitrogens with zero attached hydrogens (tertiary/aromatic N) is 4. The van der Waals surface area contributed by atoms with Crippen LogP contribution in [-0.4, -0.2) is 59.3 Å². The molecule has 1 unspecified atom stereocenters. The van der Waals surface area contributed by atoms with Crippen molar-refractivity contribution in [3.8, 4) is 0 Å². The lowest BCUT2D eigenvalue weighted by molar-refractivity contribution is -0.135. The number of aryl methyl sites for hydroxylation is 1. The molecule has 0 saturated carbocycles. The summed E-state index contributed by atoms with van der Waals surface area (Å²) in [5.74, 6) is 0.0946. The number of hydrogen-bond acceptors (Lipinski definition) is 4. The number of rotatable bonds is 5. The van der Waals surface area contributed by atoms with E-state index < -0.39 is 15.4 Å². The lowest BCUT2D eigenvalue weighted by atomic mass is 9.86. The predicted octanol–water partition coefficient (Wildman–Crippen LogP) is 1.28. The number of likely N-dealkylation sites (tertiary alicyclic amines) is 1. The van der Waals surface area contributed by atoms with E-state index in [4.69, 9.17) is 0 Å². The van der Waals surface area contributed by atoms with Gasteiger partial charge in [0.05, 0.1) is 11.7 Å². The summed E-state index contributed by atoms with van der Waals surface area (Å²) in [7, 11) is -1.91. The molecular formula is C19H24N4O3S. The SMILES string of the molecule is Cn1cnc(S(=O)(=O)N2CCC3(CCN(CCc4ccccc4)C3=O)C2)c1. The Morgan fingerprint density at radius 3 is 2.59 bits per heavy atom. The van der Waals surface area contributed by atoms with E-state index in [1.54, 1.807) is 11.6 Å². The zero-order valence-electron chi connectivity index (χ0n) is 15.4. The fourth-order valence-electron chi connectivity index (χ4n) is 4.09. The highest BCUT2D eigenvalue weighted by atomic mass is 32.2. The van der Waals surface area contributed by atoms with Crippen molar-refractivity contribution in [3.63, 3.8) is 0 Å². The first-order valence-electron chi connectivity index (χ1n) is 9.22. The number of sulfonamides is 1. The van der Waals surface area contributed by atoms with Crippen molar-refractivity contribution < 1.29 is 13.2 Å². The minimum atomic E-state index is -3.65. The van der Waals surface area contributed by atoms with Gasteiger partial charge in [0.25, 0.3) is 10.0 Å². The third kappa shape index (κ3) is 3.27. The fourth-order valence-corrected chi connectivity index (χ4v) is 5.58. The number of benzene rings is 1. The minimum absolute atomic E-state index is 0.0495. The molecular weight excluding hydrogens is 364 g/mol. The van der Waals surface area contributed by atoms with Gasteiger partial charge in [-0.15, -0.1) is 0 Å². The van der Waals surface area contributed by atoms with Crippen LogP contribution in [0, 0.1) is 5.41 Å². The van der Waals surface area contributed by atoms with Crippen LogP contribution in [-0.2, 0) is 28.3 Å². The van der Waals surface area contributed by atoms with Gasteiger partial charge in [-0.25, -0.2) is 13.4 Å². The Hall–Kier alpha value is -2.19. The quantitative estimate of drug-likeness (QED) is 0.773. The molecule has 2 aliphatic heterocycles. The summed E-state index contributed by atoms with van der Waals surface area (Å²) in [4.78, 5) is 18.9. The van der Waals surface area contributed by atoms with E-state index in [0.717, 1.165) is 12.8 Å². The summed E-state index contributed by atoms with van der Waals surface area (Å²) in [6.45, 7) is 2.00. The number of imidazole rings is 1. The highest BCUT2D eigenvalue weighted by molar-refractivity contribution is 7.89. The fraction of sp³-hybridized carbons (Fsp3) is 0.474. The molecule has 0 radical (unpaired) electrons. The van der Waals surface area contributed by atoms with Gasteiger partial charge in [-0.05, 0) is 24.8 Å². The normalized spacial score (nSPS) is 23.6. The van der Waals surface area contributed by atoms with E-state index in [1.807, 2.05) is 23.1 Å². The van der Waals surface area contributed by atoms with Crippen molar-refractivity contribution in [2.75, 3.05) is 26.2 Å². The maximum atomic E-state index is 13.0. The summed E-state index contributed by atoms with van der Waals surface area (Å²) >= 11 is 0. The van der Waals surface area contributed by atoms with Crippen LogP contribution in [0.3, 0.4) is 0 Å². The van der Waals surface area contributed by atoms with E-state index in [1.165, 1.54) is 22.4 Å². The first-order valence-corrected chi connectivity index (χ1v) is 10.7. The summed E-state index contributed by atoms with van der Waals surface area (Å²) < 4.78 is 28.7. The summed E-state index contributed by atoms with van der Waals surface area (Å²) in [5, 5.41) is 0.0495. The topological polar surface area (TPSA) is 75.5 Å². The van der Waals surface area contributed by atoms with Crippen molar-refractivity contribution in [2.45, 2.75) is 24.3 Å². The van der Waals surface area contributed by atoms with Gasteiger partial charge in [0.1, 0.15) is 0 Å². The van der Waals surface area contributed by atoms with Crippen molar-refractivity contribution in [1.82, 2.24) is 18.8 Å². The third-order valence-corrected chi connectivity index (χ3v) is 7.45. The Kier molecular flexibility index (Phi) is 4.55. The first kappa shape index (κ1) is 18.2. The zero-order valence-corrected chi connectivity index (χ0v) is 16.2. The number of amides is 1. The van der Waals surface area contributed by atoms with Gasteiger partial charge in [-0.1, -0.05) is 30.3 Å². The molecule has 2 saturated heterocycles. The van der Waals surface area contributed by atoms with Gasteiger partial charge in [-0.3, -0.25) is 4.79 Å². The predicted molar refractivity (Wildman–Crippen MR) is 100 cm³/mol. The summed E-state index contributed by atoms with van der Waals surface area (Å²) in [5.41, 5.74) is 0.635. The van der Waals surface area contributed by atoms with Gasteiger partial charge in [0.15, 0.2) is 5.03 Å². The summed E-state index contributed by atoms with van der Waals surface area (Å²) in [6, 6.07) is 10.1.